The zero-order valence-corrected chi connectivity index (χ0v) is 21.6. The quantitative estimate of drug-likeness (QED) is 0.627. The van der Waals surface area contributed by atoms with Crippen molar-refractivity contribution in [1.82, 2.24) is 15.2 Å². The lowest BCUT2D eigenvalue weighted by atomic mass is 9.79. The van der Waals surface area contributed by atoms with E-state index in [0.717, 1.165) is 30.2 Å². The van der Waals surface area contributed by atoms with Crippen molar-refractivity contribution in [1.29, 1.82) is 5.26 Å². The molecule has 36 heavy (non-hydrogen) atoms. The Balaban J connectivity index is 1.55. The minimum atomic E-state index is -0.757. The van der Waals surface area contributed by atoms with E-state index in [9.17, 15) is 19.6 Å². The summed E-state index contributed by atoms with van der Waals surface area (Å²) in [4.78, 5) is 44.2. The molecule has 1 aromatic carbocycles. The number of ketones is 1. The van der Waals surface area contributed by atoms with Crippen molar-refractivity contribution in [3.05, 3.63) is 30.0 Å². The second-order valence-electron chi connectivity index (χ2n) is 11.2. The highest BCUT2D eigenvalue weighted by atomic mass is 16.5. The van der Waals surface area contributed by atoms with Crippen molar-refractivity contribution < 1.29 is 19.1 Å². The Kier molecular flexibility index (Phi) is 7.39. The third kappa shape index (κ3) is 5.25. The summed E-state index contributed by atoms with van der Waals surface area (Å²) in [6, 6.07) is 8.06. The molecule has 1 saturated heterocycles. The lowest BCUT2D eigenvalue weighted by Crippen LogP contribution is -2.49. The number of amides is 2. The van der Waals surface area contributed by atoms with E-state index in [2.05, 4.69) is 37.1 Å². The number of Topliss-reactive ketones (excluding diaryl/α,β-unsaturated/α-hetero) is 1. The number of rotatable bonds is 6. The number of benzene rings is 1. The SMILES string of the molecule is COc1cccc2[nH]c(C(=O)N3C[C@H](C(C)(C)C)C[C@H]3C(=O)N[C@H](C#N)C[C@@H]3CCCCC3=O)cc12. The second-order valence-corrected chi connectivity index (χ2v) is 11.2. The van der Waals surface area contributed by atoms with E-state index in [4.69, 9.17) is 4.74 Å². The number of fused-ring (bicyclic) bond motifs is 1. The van der Waals surface area contributed by atoms with Crippen molar-refractivity contribution >= 4 is 28.5 Å². The van der Waals surface area contributed by atoms with E-state index in [1.54, 1.807) is 18.1 Å². The van der Waals surface area contributed by atoms with E-state index >= 15 is 0 Å². The number of aromatic nitrogens is 1. The molecule has 4 atom stereocenters. The van der Waals surface area contributed by atoms with Gasteiger partial charge in [0.05, 0.1) is 13.2 Å². The van der Waals surface area contributed by atoms with Crippen molar-refractivity contribution in [3.63, 3.8) is 0 Å². The molecule has 2 aliphatic rings. The van der Waals surface area contributed by atoms with Gasteiger partial charge in [-0.3, -0.25) is 14.4 Å². The third-order valence-corrected chi connectivity index (χ3v) is 7.84. The second kappa shape index (κ2) is 10.3. The Morgan fingerprint density at radius 3 is 2.75 bits per heavy atom. The third-order valence-electron chi connectivity index (χ3n) is 7.84. The Hall–Kier alpha value is -3.34. The predicted octanol–water partition coefficient (Wildman–Crippen LogP) is 4.21. The molecule has 1 aliphatic carbocycles. The van der Waals surface area contributed by atoms with Crippen LogP contribution in [-0.2, 0) is 9.59 Å². The van der Waals surface area contributed by atoms with Crippen LogP contribution >= 0.6 is 0 Å². The molecule has 8 heteroatoms. The van der Waals surface area contributed by atoms with Crippen molar-refractivity contribution in [3.8, 4) is 11.8 Å². The van der Waals surface area contributed by atoms with E-state index in [1.807, 2.05) is 18.2 Å². The van der Waals surface area contributed by atoms with E-state index in [1.165, 1.54) is 0 Å². The number of carbonyl (C=O) groups is 3. The Morgan fingerprint density at radius 2 is 2.08 bits per heavy atom. The Labute approximate surface area is 212 Å². The van der Waals surface area contributed by atoms with Gasteiger partial charge >= 0.3 is 0 Å². The first-order valence-electron chi connectivity index (χ1n) is 12.8. The van der Waals surface area contributed by atoms with Crippen LogP contribution in [0, 0.1) is 28.6 Å². The van der Waals surface area contributed by atoms with Gasteiger partial charge in [-0.25, -0.2) is 0 Å². The zero-order chi connectivity index (χ0) is 26.0. The number of nitriles is 1. The van der Waals surface area contributed by atoms with Crippen molar-refractivity contribution in [2.24, 2.45) is 17.3 Å². The van der Waals surface area contributed by atoms with Gasteiger partial charge in [0.25, 0.3) is 5.91 Å². The van der Waals surface area contributed by atoms with Crippen LogP contribution < -0.4 is 10.1 Å². The number of ether oxygens (including phenoxy) is 1. The lowest BCUT2D eigenvalue weighted by Gasteiger charge is -2.27. The van der Waals surface area contributed by atoms with Gasteiger partial charge < -0.3 is 19.9 Å². The number of H-pyrrole nitrogens is 1. The number of carbonyl (C=O) groups excluding carboxylic acids is 3. The topological polar surface area (TPSA) is 115 Å². The number of hydrogen-bond donors (Lipinski definition) is 2. The van der Waals surface area contributed by atoms with Gasteiger partial charge in [0.2, 0.25) is 5.91 Å². The predicted molar refractivity (Wildman–Crippen MR) is 136 cm³/mol. The highest BCUT2D eigenvalue weighted by Crippen LogP contribution is 2.38. The number of nitrogens with one attached hydrogen (secondary N) is 2. The number of likely N-dealkylation sites (tertiary alicyclic amines) is 1. The largest absolute Gasteiger partial charge is 0.496 e. The molecule has 0 spiro atoms. The monoisotopic (exact) mass is 492 g/mol. The van der Waals surface area contributed by atoms with Gasteiger partial charge in [-0.15, -0.1) is 0 Å². The van der Waals surface area contributed by atoms with E-state index in [-0.39, 0.29) is 34.8 Å². The highest BCUT2D eigenvalue weighted by molar-refractivity contribution is 6.01. The number of methoxy groups -OCH3 is 1. The molecular weight excluding hydrogens is 456 g/mol. The van der Waals surface area contributed by atoms with Gasteiger partial charge in [-0.1, -0.05) is 33.3 Å². The molecule has 2 heterocycles. The molecule has 2 aromatic rings. The lowest BCUT2D eigenvalue weighted by molar-refractivity contribution is -0.127. The van der Waals surface area contributed by atoms with Crippen LogP contribution in [0.1, 0.15) is 69.8 Å². The summed E-state index contributed by atoms with van der Waals surface area (Å²) in [7, 11) is 1.59. The summed E-state index contributed by atoms with van der Waals surface area (Å²) in [5.41, 5.74) is 1.08. The van der Waals surface area contributed by atoms with Crippen LogP contribution in [0.3, 0.4) is 0 Å². The molecule has 192 valence electrons. The standard InChI is InChI=1S/C28H36N4O4/c1-28(2,3)18-13-23(26(34)30-19(15-29)12-17-8-5-6-10-24(17)33)32(16-18)27(35)22-14-20-21(31-22)9-7-11-25(20)36-4/h7,9,11,14,17-19,23,31H,5-6,8,10,12-13,16H2,1-4H3,(H,30,34)/t17-,18+,19-,23-/m0/s1. The summed E-state index contributed by atoms with van der Waals surface area (Å²) in [6.07, 6.45) is 4.01. The van der Waals surface area contributed by atoms with E-state index < -0.39 is 12.1 Å². The molecule has 0 unspecified atom stereocenters. The summed E-state index contributed by atoms with van der Waals surface area (Å²) in [6.45, 7) is 6.79. The fourth-order valence-corrected chi connectivity index (χ4v) is 5.51. The normalized spacial score (nSPS) is 23.4. The molecule has 2 amide bonds. The summed E-state index contributed by atoms with van der Waals surface area (Å²) < 4.78 is 5.43. The molecule has 2 fully saturated rings. The van der Waals surface area contributed by atoms with Crippen molar-refractivity contribution in [2.75, 3.05) is 13.7 Å². The number of hydrogen-bond acceptors (Lipinski definition) is 5. The first-order chi connectivity index (χ1) is 17.1. The van der Waals surface area contributed by atoms with Gasteiger partial charge in [-0.2, -0.15) is 5.26 Å². The molecule has 0 bridgehead atoms. The Morgan fingerprint density at radius 1 is 1.31 bits per heavy atom. The number of nitrogens with zero attached hydrogens (tertiary/aromatic N) is 2. The maximum absolute atomic E-state index is 13.7. The molecule has 1 saturated carbocycles. The van der Waals surface area contributed by atoms with Crippen LogP contribution in [0.15, 0.2) is 24.3 Å². The highest BCUT2D eigenvalue weighted by Gasteiger charge is 2.44. The van der Waals surface area contributed by atoms with E-state index in [0.29, 0.717) is 37.3 Å². The number of aromatic amines is 1. The molecule has 1 aromatic heterocycles. The maximum atomic E-state index is 13.7. The van der Waals surface area contributed by atoms with Crippen LogP contribution in [0.4, 0.5) is 0 Å². The minimum Gasteiger partial charge on any atom is -0.496 e. The van der Waals surface area contributed by atoms with Crippen LogP contribution in [0.25, 0.3) is 10.9 Å². The first kappa shape index (κ1) is 25.7. The Bertz CT molecular complexity index is 1190. The van der Waals surface area contributed by atoms with Gasteiger partial charge in [0.1, 0.15) is 29.3 Å². The summed E-state index contributed by atoms with van der Waals surface area (Å²) in [5.74, 6) is 0.190. The molecular formula is C28H36N4O4. The average molecular weight is 493 g/mol. The maximum Gasteiger partial charge on any atom is 0.270 e. The molecule has 0 radical (unpaired) electrons. The van der Waals surface area contributed by atoms with Crippen molar-refractivity contribution in [2.45, 2.75) is 71.4 Å². The smallest absolute Gasteiger partial charge is 0.270 e. The van der Waals surface area contributed by atoms with Gasteiger partial charge in [-0.05, 0) is 55.2 Å². The minimum absolute atomic E-state index is 0.0968. The molecule has 8 nitrogen and oxygen atoms in total. The molecule has 4 rings (SSSR count). The average Bonchev–Trinajstić information content (AvgIpc) is 3.49. The first-order valence-corrected chi connectivity index (χ1v) is 12.8. The zero-order valence-electron chi connectivity index (χ0n) is 21.6. The fraction of sp³-hybridized carbons (Fsp3) is 0.571. The van der Waals surface area contributed by atoms with Crippen LogP contribution in [0.5, 0.6) is 5.75 Å². The van der Waals surface area contributed by atoms with Gasteiger partial charge in [0.15, 0.2) is 0 Å². The van der Waals surface area contributed by atoms with Gasteiger partial charge in [0, 0.05) is 29.8 Å². The molecule has 1 aliphatic heterocycles. The van der Waals surface area contributed by atoms with Crippen LogP contribution in [-0.4, -0.2) is 53.2 Å². The molecule has 2 N–H and O–H groups in total. The fourth-order valence-electron chi connectivity index (χ4n) is 5.51. The summed E-state index contributed by atoms with van der Waals surface area (Å²) in [5, 5.41) is 13.4. The summed E-state index contributed by atoms with van der Waals surface area (Å²) >= 11 is 0. The van der Waals surface area contributed by atoms with Crippen LogP contribution in [0.2, 0.25) is 0 Å².